The molecule has 1 aliphatic carbocycles. The summed E-state index contributed by atoms with van der Waals surface area (Å²) in [6.07, 6.45) is 0. The van der Waals surface area contributed by atoms with Crippen LogP contribution in [-0.2, 0) is 17.4 Å². The molecule has 5 rings (SSSR count). The van der Waals surface area contributed by atoms with E-state index in [9.17, 15) is 0 Å². The van der Waals surface area contributed by atoms with Crippen molar-refractivity contribution in [2.75, 3.05) is 4.90 Å². The van der Waals surface area contributed by atoms with Gasteiger partial charge in [0.1, 0.15) is 0 Å². The third-order valence-corrected chi connectivity index (χ3v) is 7.28. The smallest absolute Gasteiger partial charge is 0.0496 e. The van der Waals surface area contributed by atoms with E-state index in [4.69, 9.17) is 0 Å². The molecule has 0 saturated heterocycles. The highest BCUT2D eigenvalue weighted by atomic mass is 15.1. The molecule has 0 spiro atoms. The molecular weight excluding hydrogens is 326 g/mol. The summed E-state index contributed by atoms with van der Waals surface area (Å²) in [7, 11) is 0. The average molecular weight is 354 g/mol. The molecular formula is C26H27N. The van der Waals surface area contributed by atoms with Gasteiger partial charge in [0.15, 0.2) is 0 Å². The molecule has 1 heteroatoms. The standard InChI is InChI=1S/C26H27N/c1-17-11-12-20-18(13-17)16-27(19-9-7-6-8-10-19)24-15-23-22(14-21(20)24)25(2,3)26(23,4)5/h6-15H,16H2,1-5H3. The zero-order valence-corrected chi connectivity index (χ0v) is 16.9. The normalized spacial score (nSPS) is 18.2. The molecule has 0 bridgehead atoms. The van der Waals surface area contributed by atoms with Gasteiger partial charge in [-0.15, -0.1) is 0 Å². The van der Waals surface area contributed by atoms with Crippen LogP contribution in [0.3, 0.4) is 0 Å². The van der Waals surface area contributed by atoms with Gasteiger partial charge in [-0.2, -0.15) is 0 Å². The average Bonchev–Trinajstić information content (AvgIpc) is 2.66. The Hall–Kier alpha value is -2.54. The van der Waals surface area contributed by atoms with Gasteiger partial charge in [0.2, 0.25) is 0 Å². The van der Waals surface area contributed by atoms with Gasteiger partial charge < -0.3 is 4.90 Å². The predicted octanol–water partition coefficient (Wildman–Crippen LogP) is 6.88. The Morgan fingerprint density at radius 3 is 2.11 bits per heavy atom. The van der Waals surface area contributed by atoms with Gasteiger partial charge in [-0.1, -0.05) is 69.7 Å². The van der Waals surface area contributed by atoms with Crippen molar-refractivity contribution in [3.05, 3.63) is 82.9 Å². The molecule has 0 amide bonds. The Labute approximate surface area is 162 Å². The highest BCUT2D eigenvalue weighted by molar-refractivity contribution is 5.89. The third-order valence-electron chi connectivity index (χ3n) is 7.28. The van der Waals surface area contributed by atoms with Crippen molar-refractivity contribution in [2.45, 2.75) is 52.0 Å². The Bertz CT molecular complexity index is 1060. The van der Waals surface area contributed by atoms with Crippen LogP contribution in [0.2, 0.25) is 0 Å². The molecule has 1 nitrogen and oxygen atoms in total. The number of para-hydroxylation sites is 1. The molecule has 0 radical (unpaired) electrons. The maximum absolute atomic E-state index is 2.48. The van der Waals surface area contributed by atoms with Gasteiger partial charge in [-0.05, 0) is 64.3 Å². The Kier molecular flexibility index (Phi) is 3.23. The maximum Gasteiger partial charge on any atom is 0.0496 e. The summed E-state index contributed by atoms with van der Waals surface area (Å²) in [4.78, 5) is 2.48. The second-order valence-corrected chi connectivity index (χ2v) is 9.25. The molecule has 3 aromatic rings. The first kappa shape index (κ1) is 16.6. The number of fused-ring (bicyclic) bond motifs is 4. The first-order valence-electron chi connectivity index (χ1n) is 9.92. The van der Waals surface area contributed by atoms with Gasteiger partial charge >= 0.3 is 0 Å². The molecule has 3 aromatic carbocycles. The van der Waals surface area contributed by atoms with Crippen LogP contribution in [0, 0.1) is 6.92 Å². The van der Waals surface area contributed by atoms with Crippen LogP contribution in [0.5, 0.6) is 0 Å². The SMILES string of the molecule is Cc1ccc2c(c1)CN(c1ccccc1)c1cc3c(cc1-2)C(C)(C)C3(C)C. The number of aryl methyl sites for hydroxylation is 1. The van der Waals surface area contributed by atoms with Crippen LogP contribution in [0.1, 0.15) is 49.9 Å². The van der Waals surface area contributed by atoms with Gasteiger partial charge in [0.25, 0.3) is 0 Å². The fourth-order valence-corrected chi connectivity index (χ4v) is 4.88. The van der Waals surface area contributed by atoms with Crippen LogP contribution < -0.4 is 4.90 Å². The lowest BCUT2D eigenvalue weighted by Crippen LogP contribution is -2.51. The summed E-state index contributed by atoms with van der Waals surface area (Å²) in [5, 5.41) is 0. The lowest BCUT2D eigenvalue weighted by atomic mass is 9.49. The van der Waals surface area contributed by atoms with Crippen molar-refractivity contribution in [3.8, 4) is 11.1 Å². The van der Waals surface area contributed by atoms with Crippen LogP contribution in [0.15, 0.2) is 60.7 Å². The molecule has 136 valence electrons. The summed E-state index contributed by atoms with van der Waals surface area (Å²) in [6, 6.07) is 22.6. The maximum atomic E-state index is 2.48. The van der Waals surface area contributed by atoms with Crippen LogP contribution in [-0.4, -0.2) is 0 Å². The second-order valence-electron chi connectivity index (χ2n) is 9.25. The van der Waals surface area contributed by atoms with Crippen LogP contribution in [0.4, 0.5) is 11.4 Å². The molecule has 27 heavy (non-hydrogen) atoms. The lowest BCUT2D eigenvalue weighted by molar-refractivity contribution is 0.242. The first-order valence-corrected chi connectivity index (χ1v) is 9.92. The number of hydrogen-bond acceptors (Lipinski definition) is 1. The minimum absolute atomic E-state index is 0.202. The zero-order valence-electron chi connectivity index (χ0n) is 16.9. The quantitative estimate of drug-likeness (QED) is 0.461. The first-order chi connectivity index (χ1) is 12.8. The number of hydrogen-bond donors (Lipinski definition) is 0. The number of anilines is 2. The fraction of sp³-hybridized carbons (Fsp3) is 0.308. The van der Waals surface area contributed by atoms with E-state index in [0.717, 1.165) is 6.54 Å². The Morgan fingerprint density at radius 1 is 0.741 bits per heavy atom. The minimum atomic E-state index is 0.202. The summed E-state index contributed by atoms with van der Waals surface area (Å²) in [6.45, 7) is 12.6. The molecule has 0 fully saturated rings. The number of nitrogens with zero attached hydrogens (tertiary/aromatic N) is 1. The van der Waals surface area contributed by atoms with E-state index in [1.807, 2.05) is 0 Å². The highest BCUT2D eigenvalue weighted by Crippen LogP contribution is 2.59. The molecule has 0 N–H and O–H groups in total. The van der Waals surface area contributed by atoms with E-state index < -0.39 is 0 Å². The minimum Gasteiger partial charge on any atom is -0.336 e. The molecule has 1 heterocycles. The van der Waals surface area contributed by atoms with E-state index in [1.165, 1.54) is 44.8 Å². The van der Waals surface area contributed by atoms with E-state index >= 15 is 0 Å². The monoisotopic (exact) mass is 353 g/mol. The van der Waals surface area contributed by atoms with Crippen molar-refractivity contribution in [1.82, 2.24) is 0 Å². The molecule has 2 aliphatic rings. The Balaban J connectivity index is 1.79. The third kappa shape index (κ3) is 2.12. The van der Waals surface area contributed by atoms with Crippen molar-refractivity contribution in [3.63, 3.8) is 0 Å². The van der Waals surface area contributed by atoms with E-state index in [1.54, 1.807) is 0 Å². The van der Waals surface area contributed by atoms with Crippen LogP contribution in [0.25, 0.3) is 11.1 Å². The van der Waals surface area contributed by atoms with Crippen molar-refractivity contribution < 1.29 is 0 Å². The van der Waals surface area contributed by atoms with E-state index in [0.29, 0.717) is 0 Å². The summed E-state index contributed by atoms with van der Waals surface area (Å²) >= 11 is 0. The van der Waals surface area contributed by atoms with Gasteiger partial charge in [0.05, 0.1) is 0 Å². The predicted molar refractivity (Wildman–Crippen MR) is 115 cm³/mol. The number of rotatable bonds is 1. The zero-order chi connectivity index (χ0) is 19.0. The fourth-order valence-electron chi connectivity index (χ4n) is 4.88. The highest BCUT2D eigenvalue weighted by Gasteiger charge is 2.51. The molecule has 0 unspecified atom stereocenters. The van der Waals surface area contributed by atoms with Gasteiger partial charge in [-0.3, -0.25) is 0 Å². The van der Waals surface area contributed by atoms with Crippen molar-refractivity contribution in [1.29, 1.82) is 0 Å². The van der Waals surface area contributed by atoms with E-state index in [2.05, 4.69) is 100 Å². The molecule has 0 aromatic heterocycles. The van der Waals surface area contributed by atoms with E-state index in [-0.39, 0.29) is 10.8 Å². The summed E-state index contributed by atoms with van der Waals surface area (Å²) < 4.78 is 0. The molecule has 1 aliphatic heterocycles. The van der Waals surface area contributed by atoms with Crippen molar-refractivity contribution >= 4 is 11.4 Å². The van der Waals surface area contributed by atoms with Crippen molar-refractivity contribution in [2.24, 2.45) is 0 Å². The van der Waals surface area contributed by atoms with Gasteiger partial charge in [-0.25, -0.2) is 0 Å². The lowest BCUT2D eigenvalue weighted by Gasteiger charge is -2.55. The van der Waals surface area contributed by atoms with Crippen LogP contribution >= 0.6 is 0 Å². The molecule has 0 saturated carbocycles. The Morgan fingerprint density at radius 2 is 1.41 bits per heavy atom. The largest absolute Gasteiger partial charge is 0.336 e. The summed E-state index contributed by atoms with van der Waals surface area (Å²) in [5.41, 5.74) is 11.6. The summed E-state index contributed by atoms with van der Waals surface area (Å²) in [5.74, 6) is 0. The van der Waals surface area contributed by atoms with Gasteiger partial charge in [0, 0.05) is 23.5 Å². The second kappa shape index (κ2) is 5.25. The topological polar surface area (TPSA) is 3.24 Å². The number of benzene rings is 3. The molecule has 0 atom stereocenters.